The van der Waals surface area contributed by atoms with Gasteiger partial charge >= 0.3 is 0 Å². The SMILES string of the molecule is Cc1cc(O[C@H]2C(C)(C)[C@H](NC(=O)c3ccc(N4CCO[C@H](CN5CCN(c6ccc(C(=O)N[C@@H]7CCC(O)NC7=O)c(F)c6)CC5)C4)cc3)C2(C)C)cc(C)c1C#N. The van der Waals surface area contributed by atoms with Crippen molar-refractivity contribution in [2.24, 2.45) is 10.8 Å². The van der Waals surface area contributed by atoms with Crippen LogP contribution in [0.2, 0.25) is 0 Å². The normalized spacial score (nSPS) is 25.3. The molecule has 0 aromatic heterocycles. The van der Waals surface area contributed by atoms with Crippen molar-refractivity contribution in [3.8, 4) is 11.8 Å². The first kappa shape index (κ1) is 41.9. The van der Waals surface area contributed by atoms with E-state index in [1.165, 1.54) is 12.1 Å². The molecule has 1 unspecified atom stereocenters. The number of carbonyl (C=O) groups excluding carboxylic acids is 3. The zero-order valence-electron chi connectivity index (χ0n) is 34.8. The second-order valence-corrected chi connectivity index (χ2v) is 17.7. The van der Waals surface area contributed by atoms with Gasteiger partial charge in [0.2, 0.25) is 5.91 Å². The topological polar surface area (TPSA) is 160 Å². The van der Waals surface area contributed by atoms with Crippen molar-refractivity contribution in [2.75, 3.05) is 62.2 Å². The number of nitrogens with zero attached hydrogens (tertiary/aromatic N) is 4. The molecule has 7 rings (SSSR count). The van der Waals surface area contributed by atoms with Crippen LogP contribution in [0.4, 0.5) is 15.8 Å². The average molecular weight is 810 g/mol. The number of hydrogen-bond donors (Lipinski definition) is 4. The second-order valence-electron chi connectivity index (χ2n) is 17.7. The standard InChI is InChI=1S/C45H56FN7O6/c1-27-21-32(22-28(2)35(27)24-47)59-43-44(3,4)42(45(43,5)6)50-39(55)29-7-9-30(10-8-29)53-19-20-58-33(26-53)25-51-15-17-52(18-16-51)31-11-12-34(36(46)23-31)40(56)48-37-13-14-38(54)49-41(37)57/h7-12,21-23,33,37-38,42-43,54H,13-20,25-26H2,1-6H3,(H,48,56)(H,49,57)(H,50,55)/t33-,37-,38?,42-,43-/m1/s1. The molecule has 314 valence electrons. The van der Waals surface area contributed by atoms with Gasteiger partial charge in [0, 0.05) is 79.6 Å². The Hall–Kier alpha value is -5.23. The summed E-state index contributed by atoms with van der Waals surface area (Å²) in [5.74, 6) is -1.19. The molecule has 3 aromatic carbocycles. The maximum absolute atomic E-state index is 15.1. The fraction of sp³-hybridized carbons (Fsp3) is 0.511. The van der Waals surface area contributed by atoms with Crippen molar-refractivity contribution in [1.29, 1.82) is 5.26 Å². The number of aliphatic hydroxyl groups is 1. The Kier molecular flexibility index (Phi) is 11.9. The van der Waals surface area contributed by atoms with Crippen LogP contribution < -0.4 is 30.5 Å². The molecule has 1 aliphatic carbocycles. The van der Waals surface area contributed by atoms with Crippen LogP contribution >= 0.6 is 0 Å². The molecule has 3 aromatic rings. The van der Waals surface area contributed by atoms with E-state index in [2.05, 4.69) is 64.4 Å². The summed E-state index contributed by atoms with van der Waals surface area (Å²) in [5, 5.41) is 27.3. The van der Waals surface area contributed by atoms with Crippen molar-refractivity contribution >= 4 is 29.1 Å². The highest BCUT2D eigenvalue weighted by molar-refractivity contribution is 5.98. The number of aryl methyl sites for hydroxylation is 2. The molecule has 0 radical (unpaired) electrons. The molecule has 1 saturated carbocycles. The number of hydrogen-bond acceptors (Lipinski definition) is 10. The van der Waals surface area contributed by atoms with Gasteiger partial charge in [0.25, 0.3) is 11.8 Å². The number of halogens is 1. The van der Waals surface area contributed by atoms with E-state index >= 15 is 4.39 Å². The van der Waals surface area contributed by atoms with Crippen LogP contribution in [0.5, 0.6) is 5.75 Å². The predicted molar refractivity (Wildman–Crippen MR) is 222 cm³/mol. The van der Waals surface area contributed by atoms with Gasteiger partial charge in [0.1, 0.15) is 29.9 Å². The fourth-order valence-electron chi connectivity index (χ4n) is 9.73. The van der Waals surface area contributed by atoms with E-state index in [4.69, 9.17) is 9.47 Å². The summed E-state index contributed by atoms with van der Waals surface area (Å²) in [5.41, 5.74) is 3.96. The van der Waals surface area contributed by atoms with E-state index < -0.39 is 29.9 Å². The number of aliphatic hydroxyl groups excluding tert-OH is 1. The summed E-state index contributed by atoms with van der Waals surface area (Å²) in [6.07, 6.45) is -0.490. The number of ether oxygens (including phenoxy) is 2. The number of amides is 3. The Bertz CT molecular complexity index is 2070. The van der Waals surface area contributed by atoms with Crippen LogP contribution in [0, 0.1) is 41.8 Å². The molecule has 59 heavy (non-hydrogen) atoms. The number of nitrogens with one attached hydrogen (secondary N) is 3. The van der Waals surface area contributed by atoms with E-state index in [9.17, 15) is 24.8 Å². The second kappa shape index (κ2) is 16.8. The summed E-state index contributed by atoms with van der Waals surface area (Å²) in [6.45, 7) is 18.1. The minimum Gasteiger partial charge on any atom is -0.489 e. The Morgan fingerprint density at radius 3 is 2.20 bits per heavy atom. The van der Waals surface area contributed by atoms with Crippen molar-refractivity contribution in [3.63, 3.8) is 0 Å². The number of piperazine rings is 1. The number of rotatable bonds is 10. The van der Waals surface area contributed by atoms with Crippen molar-refractivity contribution in [3.05, 3.63) is 88.2 Å². The van der Waals surface area contributed by atoms with Gasteiger partial charge in [-0.2, -0.15) is 5.26 Å². The summed E-state index contributed by atoms with van der Waals surface area (Å²) >= 11 is 0. The van der Waals surface area contributed by atoms with E-state index in [1.54, 1.807) is 6.07 Å². The van der Waals surface area contributed by atoms with Crippen LogP contribution in [-0.4, -0.2) is 111 Å². The molecule has 13 nitrogen and oxygen atoms in total. The Labute approximate surface area is 345 Å². The summed E-state index contributed by atoms with van der Waals surface area (Å²) in [6, 6.07) is 17.5. The predicted octanol–water partition coefficient (Wildman–Crippen LogP) is 4.28. The smallest absolute Gasteiger partial charge is 0.254 e. The first-order chi connectivity index (χ1) is 28.0. The van der Waals surface area contributed by atoms with Gasteiger partial charge in [-0.15, -0.1) is 0 Å². The van der Waals surface area contributed by atoms with Gasteiger partial charge in [-0.1, -0.05) is 27.7 Å². The van der Waals surface area contributed by atoms with Crippen molar-refractivity contribution < 1.29 is 33.4 Å². The largest absolute Gasteiger partial charge is 0.489 e. The van der Waals surface area contributed by atoms with Crippen molar-refractivity contribution in [2.45, 2.75) is 84.9 Å². The van der Waals surface area contributed by atoms with Crippen LogP contribution in [-0.2, 0) is 9.53 Å². The van der Waals surface area contributed by atoms with Crippen LogP contribution in [0.3, 0.4) is 0 Å². The lowest BCUT2D eigenvalue weighted by molar-refractivity contribution is -0.164. The van der Waals surface area contributed by atoms with E-state index in [-0.39, 0.29) is 47.0 Å². The minimum absolute atomic E-state index is 0.00150. The van der Waals surface area contributed by atoms with Gasteiger partial charge in [-0.05, 0) is 92.4 Å². The average Bonchev–Trinajstić information content (AvgIpc) is 3.20. The minimum atomic E-state index is -0.933. The molecule has 4 aliphatic rings. The third-order valence-corrected chi connectivity index (χ3v) is 12.7. The molecule has 3 atom stereocenters. The van der Waals surface area contributed by atoms with Crippen LogP contribution in [0.15, 0.2) is 54.6 Å². The molecule has 3 amide bonds. The third-order valence-electron chi connectivity index (χ3n) is 12.7. The Morgan fingerprint density at radius 1 is 0.915 bits per heavy atom. The molecule has 0 bridgehead atoms. The monoisotopic (exact) mass is 809 g/mol. The van der Waals surface area contributed by atoms with E-state index in [0.717, 1.165) is 48.7 Å². The molecule has 3 heterocycles. The van der Waals surface area contributed by atoms with Crippen LogP contribution in [0.1, 0.15) is 77.9 Å². The number of piperidine rings is 1. The first-order valence-corrected chi connectivity index (χ1v) is 20.6. The quantitative estimate of drug-likeness (QED) is 0.233. The number of anilines is 2. The molecular formula is C45H56FN7O6. The van der Waals surface area contributed by atoms with Gasteiger partial charge in [-0.25, -0.2) is 4.39 Å². The van der Waals surface area contributed by atoms with E-state index in [0.29, 0.717) is 49.5 Å². The number of benzene rings is 3. The van der Waals surface area contributed by atoms with Gasteiger partial charge in [0.05, 0.1) is 29.9 Å². The summed E-state index contributed by atoms with van der Waals surface area (Å²) in [4.78, 5) is 45.2. The Balaban J connectivity index is 0.878. The zero-order valence-corrected chi connectivity index (χ0v) is 34.8. The lowest BCUT2D eigenvalue weighted by Gasteiger charge is -2.63. The highest BCUT2D eigenvalue weighted by Gasteiger charge is 2.64. The number of carbonyl (C=O) groups is 3. The maximum atomic E-state index is 15.1. The lowest BCUT2D eigenvalue weighted by Crippen LogP contribution is -2.74. The highest BCUT2D eigenvalue weighted by atomic mass is 19.1. The molecule has 3 saturated heterocycles. The number of morpholine rings is 1. The maximum Gasteiger partial charge on any atom is 0.254 e. The molecule has 0 spiro atoms. The fourth-order valence-corrected chi connectivity index (χ4v) is 9.73. The summed E-state index contributed by atoms with van der Waals surface area (Å²) < 4.78 is 27.9. The van der Waals surface area contributed by atoms with Crippen LogP contribution in [0.25, 0.3) is 0 Å². The molecular weight excluding hydrogens is 754 g/mol. The van der Waals surface area contributed by atoms with E-state index in [1.807, 2.05) is 50.2 Å². The lowest BCUT2D eigenvalue weighted by atomic mass is 9.49. The zero-order chi connectivity index (χ0) is 42.2. The Morgan fingerprint density at radius 2 is 1.58 bits per heavy atom. The molecule has 4 N–H and O–H groups in total. The van der Waals surface area contributed by atoms with Gasteiger partial charge in [-0.3, -0.25) is 19.3 Å². The van der Waals surface area contributed by atoms with Crippen molar-refractivity contribution in [1.82, 2.24) is 20.9 Å². The van der Waals surface area contributed by atoms with Gasteiger partial charge in [0.15, 0.2) is 0 Å². The first-order valence-electron chi connectivity index (χ1n) is 20.6. The highest BCUT2D eigenvalue weighted by Crippen LogP contribution is 2.55. The molecule has 4 fully saturated rings. The van der Waals surface area contributed by atoms with Gasteiger partial charge < -0.3 is 40.3 Å². The third kappa shape index (κ3) is 8.74. The summed E-state index contributed by atoms with van der Waals surface area (Å²) in [7, 11) is 0. The molecule has 3 aliphatic heterocycles. The molecule has 14 heteroatoms. The number of nitriles is 1.